The summed E-state index contributed by atoms with van der Waals surface area (Å²) >= 11 is 0. The van der Waals surface area contributed by atoms with E-state index in [0.29, 0.717) is 24.1 Å². The van der Waals surface area contributed by atoms with Crippen LogP contribution in [0.3, 0.4) is 0 Å². The molecular weight excluding hydrogens is 300 g/mol. The molecule has 0 saturated heterocycles. The highest BCUT2D eigenvalue weighted by Crippen LogP contribution is 2.48. The molecule has 2 bridgehead atoms. The molecule has 2 N–H and O–H groups in total. The lowest BCUT2D eigenvalue weighted by Crippen LogP contribution is -2.31. The fourth-order valence-electron chi connectivity index (χ4n) is 3.85. The van der Waals surface area contributed by atoms with Crippen LogP contribution in [0.5, 0.6) is 0 Å². The Morgan fingerprint density at radius 1 is 1.18 bits per heavy atom. The van der Waals surface area contributed by atoms with E-state index in [2.05, 4.69) is 10.0 Å². The van der Waals surface area contributed by atoms with E-state index in [4.69, 9.17) is 0 Å². The summed E-state index contributed by atoms with van der Waals surface area (Å²) < 4.78 is 27.4. The Labute approximate surface area is 131 Å². The Balaban J connectivity index is 1.61. The SMILES string of the molecule is CC(=O)Nc1ccc(S(=O)(=O)NC[C@@H]2C[C@H]3CC[C@H]2C3)cc1. The second kappa shape index (κ2) is 6.01. The maximum absolute atomic E-state index is 12.3. The first-order valence-electron chi connectivity index (χ1n) is 7.81. The van der Waals surface area contributed by atoms with Crippen molar-refractivity contribution in [2.24, 2.45) is 17.8 Å². The van der Waals surface area contributed by atoms with Crippen LogP contribution in [0.4, 0.5) is 5.69 Å². The van der Waals surface area contributed by atoms with Crippen molar-refractivity contribution in [1.82, 2.24) is 4.72 Å². The van der Waals surface area contributed by atoms with Gasteiger partial charge in [0.1, 0.15) is 0 Å². The Morgan fingerprint density at radius 2 is 1.91 bits per heavy atom. The molecule has 1 aromatic rings. The average Bonchev–Trinajstić information content (AvgIpc) is 3.08. The van der Waals surface area contributed by atoms with Crippen LogP contribution < -0.4 is 10.0 Å². The molecule has 2 saturated carbocycles. The molecule has 2 aliphatic carbocycles. The van der Waals surface area contributed by atoms with E-state index in [1.165, 1.54) is 38.3 Å². The van der Waals surface area contributed by atoms with Crippen LogP contribution >= 0.6 is 0 Å². The van der Waals surface area contributed by atoms with Gasteiger partial charge in [0, 0.05) is 19.2 Å². The molecule has 2 fully saturated rings. The summed E-state index contributed by atoms with van der Waals surface area (Å²) in [5.74, 6) is 1.84. The van der Waals surface area contributed by atoms with Crippen LogP contribution in [0.15, 0.2) is 29.2 Å². The van der Waals surface area contributed by atoms with Crippen molar-refractivity contribution < 1.29 is 13.2 Å². The van der Waals surface area contributed by atoms with Gasteiger partial charge < -0.3 is 5.32 Å². The smallest absolute Gasteiger partial charge is 0.240 e. The van der Waals surface area contributed by atoms with Gasteiger partial charge >= 0.3 is 0 Å². The lowest BCUT2D eigenvalue weighted by Gasteiger charge is -2.21. The highest BCUT2D eigenvalue weighted by Gasteiger charge is 2.39. The molecule has 0 aliphatic heterocycles. The molecule has 120 valence electrons. The highest BCUT2D eigenvalue weighted by molar-refractivity contribution is 7.89. The number of carbonyl (C=O) groups is 1. The van der Waals surface area contributed by atoms with Crippen LogP contribution in [-0.4, -0.2) is 20.9 Å². The number of nitrogens with one attached hydrogen (secondary N) is 2. The molecule has 0 aromatic heterocycles. The van der Waals surface area contributed by atoms with Gasteiger partial charge in [-0.05, 0) is 61.3 Å². The maximum atomic E-state index is 12.3. The minimum atomic E-state index is -3.47. The van der Waals surface area contributed by atoms with Crippen molar-refractivity contribution in [3.8, 4) is 0 Å². The van der Waals surface area contributed by atoms with Gasteiger partial charge in [0.25, 0.3) is 0 Å². The largest absolute Gasteiger partial charge is 0.326 e. The number of amides is 1. The Hall–Kier alpha value is -1.40. The van der Waals surface area contributed by atoms with Crippen LogP contribution in [0.2, 0.25) is 0 Å². The lowest BCUT2D eigenvalue weighted by molar-refractivity contribution is -0.114. The number of benzene rings is 1. The zero-order valence-corrected chi connectivity index (χ0v) is 13.5. The summed E-state index contributed by atoms with van der Waals surface area (Å²) in [6.45, 7) is 1.96. The summed E-state index contributed by atoms with van der Waals surface area (Å²) in [7, 11) is -3.47. The molecule has 0 spiro atoms. The van der Waals surface area contributed by atoms with Gasteiger partial charge in [0.2, 0.25) is 15.9 Å². The molecule has 3 atom stereocenters. The molecule has 5 nitrogen and oxygen atoms in total. The van der Waals surface area contributed by atoms with E-state index in [9.17, 15) is 13.2 Å². The van der Waals surface area contributed by atoms with Gasteiger partial charge in [-0.3, -0.25) is 4.79 Å². The minimum Gasteiger partial charge on any atom is -0.326 e. The third-order valence-electron chi connectivity index (χ3n) is 4.91. The van der Waals surface area contributed by atoms with Crippen molar-refractivity contribution in [1.29, 1.82) is 0 Å². The lowest BCUT2D eigenvalue weighted by atomic mass is 9.89. The summed E-state index contributed by atoms with van der Waals surface area (Å²) in [6.07, 6.45) is 5.01. The molecule has 3 rings (SSSR count). The number of anilines is 1. The average molecular weight is 322 g/mol. The van der Waals surface area contributed by atoms with Gasteiger partial charge in [0.05, 0.1) is 4.90 Å². The Bertz CT molecular complexity index is 654. The second-order valence-corrected chi connectivity index (χ2v) is 8.26. The normalized spacial score (nSPS) is 27.0. The minimum absolute atomic E-state index is 0.176. The predicted molar refractivity (Wildman–Crippen MR) is 84.9 cm³/mol. The Kier molecular flexibility index (Phi) is 4.23. The number of rotatable bonds is 5. The van der Waals surface area contributed by atoms with Crippen molar-refractivity contribution >= 4 is 21.6 Å². The van der Waals surface area contributed by atoms with Crippen LogP contribution in [-0.2, 0) is 14.8 Å². The first-order chi connectivity index (χ1) is 10.4. The molecule has 0 radical (unpaired) electrons. The summed E-state index contributed by atoms with van der Waals surface area (Å²) in [6, 6.07) is 6.25. The zero-order chi connectivity index (χ0) is 15.7. The monoisotopic (exact) mass is 322 g/mol. The molecule has 2 aliphatic rings. The van der Waals surface area contributed by atoms with E-state index >= 15 is 0 Å². The first-order valence-corrected chi connectivity index (χ1v) is 9.29. The third-order valence-corrected chi connectivity index (χ3v) is 6.34. The fourth-order valence-corrected chi connectivity index (χ4v) is 4.94. The van der Waals surface area contributed by atoms with E-state index in [0.717, 1.165) is 12.3 Å². The standard InChI is InChI=1S/C16H22N2O3S/c1-11(19)18-15-4-6-16(7-5-15)22(20,21)17-10-14-9-12-2-3-13(14)8-12/h4-7,12-14,17H,2-3,8-10H2,1H3,(H,18,19)/t12-,13-,14-/m0/s1. The van der Waals surface area contributed by atoms with Crippen molar-refractivity contribution in [2.75, 3.05) is 11.9 Å². The molecule has 0 heterocycles. The molecule has 1 amide bonds. The highest BCUT2D eigenvalue weighted by atomic mass is 32.2. The van der Waals surface area contributed by atoms with Crippen molar-refractivity contribution in [2.45, 2.75) is 37.5 Å². The van der Waals surface area contributed by atoms with E-state index in [1.54, 1.807) is 12.1 Å². The van der Waals surface area contributed by atoms with Crippen molar-refractivity contribution in [3.63, 3.8) is 0 Å². The number of carbonyl (C=O) groups excluding carboxylic acids is 1. The van der Waals surface area contributed by atoms with E-state index in [-0.39, 0.29) is 10.8 Å². The van der Waals surface area contributed by atoms with Crippen LogP contribution in [0.25, 0.3) is 0 Å². The third kappa shape index (κ3) is 3.33. The maximum Gasteiger partial charge on any atom is 0.240 e. The van der Waals surface area contributed by atoms with E-state index in [1.807, 2.05) is 0 Å². The molecular formula is C16H22N2O3S. The predicted octanol–water partition coefficient (Wildman–Crippen LogP) is 2.36. The number of hydrogen-bond donors (Lipinski definition) is 2. The topological polar surface area (TPSA) is 75.3 Å². The number of sulfonamides is 1. The number of hydrogen-bond acceptors (Lipinski definition) is 3. The van der Waals surface area contributed by atoms with Crippen molar-refractivity contribution in [3.05, 3.63) is 24.3 Å². The van der Waals surface area contributed by atoms with Gasteiger partial charge in [0.15, 0.2) is 0 Å². The van der Waals surface area contributed by atoms with Gasteiger partial charge in [-0.2, -0.15) is 0 Å². The van der Waals surface area contributed by atoms with Gasteiger partial charge in [-0.1, -0.05) is 6.42 Å². The summed E-state index contributed by atoms with van der Waals surface area (Å²) in [4.78, 5) is 11.2. The van der Waals surface area contributed by atoms with Gasteiger partial charge in [-0.15, -0.1) is 0 Å². The zero-order valence-electron chi connectivity index (χ0n) is 12.7. The quantitative estimate of drug-likeness (QED) is 0.874. The van der Waals surface area contributed by atoms with Gasteiger partial charge in [-0.25, -0.2) is 13.1 Å². The molecule has 22 heavy (non-hydrogen) atoms. The fraction of sp³-hybridized carbons (Fsp3) is 0.562. The summed E-state index contributed by atoms with van der Waals surface area (Å²) in [5.41, 5.74) is 0.597. The molecule has 6 heteroatoms. The summed E-state index contributed by atoms with van der Waals surface area (Å²) in [5, 5.41) is 2.62. The molecule has 1 aromatic carbocycles. The second-order valence-electron chi connectivity index (χ2n) is 6.49. The van der Waals surface area contributed by atoms with Crippen LogP contribution in [0, 0.1) is 17.8 Å². The Morgan fingerprint density at radius 3 is 2.45 bits per heavy atom. The number of fused-ring (bicyclic) bond motifs is 2. The van der Waals surface area contributed by atoms with Crippen LogP contribution in [0.1, 0.15) is 32.6 Å². The first kappa shape index (κ1) is 15.5. The molecule has 0 unspecified atom stereocenters. The van der Waals surface area contributed by atoms with E-state index < -0.39 is 10.0 Å².